The van der Waals surface area contributed by atoms with Gasteiger partial charge in [0, 0.05) is 18.7 Å². The number of hydrogen-bond donors (Lipinski definition) is 4. The normalized spacial score (nSPS) is 11.8. The number of carbonyl (C=O) groups excluding carboxylic acids is 2. The van der Waals surface area contributed by atoms with E-state index in [9.17, 15) is 19.6 Å². The Hall–Kier alpha value is -2.90. The molecule has 0 heterocycles. The van der Waals surface area contributed by atoms with Gasteiger partial charge < -0.3 is 20.7 Å². The second-order valence-corrected chi connectivity index (χ2v) is 6.26. The molecule has 1 unspecified atom stereocenters. The van der Waals surface area contributed by atoms with Gasteiger partial charge >= 0.3 is 7.12 Å². The van der Waals surface area contributed by atoms with Crippen molar-refractivity contribution in [3.05, 3.63) is 83.4 Å². The molecule has 0 saturated heterocycles. The Labute approximate surface area is 159 Å². The quantitative estimate of drug-likeness (QED) is 0.412. The standard InChI is InChI=1S/C20H23BN2O4/c1-15-7-9-16(10-8-15)13-18(21(26)27)23-20(25)12-11-19(24)22-14-17-5-3-2-4-6-17/h2-12,18,26-27H,13-14H2,1H3,(H,22,24)(H,23,25)/b12-11+. The van der Waals surface area contributed by atoms with Crippen molar-refractivity contribution in [2.45, 2.75) is 25.8 Å². The second kappa shape index (κ2) is 10.3. The van der Waals surface area contributed by atoms with Crippen LogP contribution in [-0.2, 0) is 22.6 Å². The highest BCUT2D eigenvalue weighted by Gasteiger charge is 2.24. The average Bonchev–Trinajstić information content (AvgIpc) is 2.66. The zero-order valence-electron chi connectivity index (χ0n) is 15.1. The first-order chi connectivity index (χ1) is 12.9. The summed E-state index contributed by atoms with van der Waals surface area (Å²) in [5.74, 6) is -1.86. The Kier molecular flexibility index (Phi) is 7.79. The van der Waals surface area contributed by atoms with Crippen molar-refractivity contribution < 1.29 is 19.6 Å². The number of aryl methyl sites for hydroxylation is 1. The summed E-state index contributed by atoms with van der Waals surface area (Å²) >= 11 is 0. The van der Waals surface area contributed by atoms with Crippen LogP contribution in [0.15, 0.2) is 66.7 Å². The van der Waals surface area contributed by atoms with Gasteiger partial charge in [0.25, 0.3) is 0 Å². The third kappa shape index (κ3) is 7.47. The summed E-state index contributed by atoms with van der Waals surface area (Å²) in [5, 5.41) is 24.2. The van der Waals surface area contributed by atoms with Crippen LogP contribution in [-0.4, -0.2) is 34.9 Å². The number of hydrogen-bond acceptors (Lipinski definition) is 4. The Morgan fingerprint density at radius 2 is 1.59 bits per heavy atom. The average molecular weight is 366 g/mol. The maximum Gasteiger partial charge on any atom is 0.475 e. The molecule has 0 aliphatic heterocycles. The van der Waals surface area contributed by atoms with Gasteiger partial charge in [-0.25, -0.2) is 0 Å². The summed E-state index contributed by atoms with van der Waals surface area (Å²) in [4.78, 5) is 23.8. The van der Waals surface area contributed by atoms with Gasteiger partial charge in [0.1, 0.15) is 0 Å². The highest BCUT2D eigenvalue weighted by molar-refractivity contribution is 6.43. The molecule has 0 fully saturated rings. The largest absolute Gasteiger partial charge is 0.475 e. The summed E-state index contributed by atoms with van der Waals surface area (Å²) in [6, 6.07) is 17.0. The van der Waals surface area contributed by atoms with E-state index in [-0.39, 0.29) is 6.42 Å². The van der Waals surface area contributed by atoms with Crippen LogP contribution in [0.4, 0.5) is 0 Å². The van der Waals surface area contributed by atoms with Crippen molar-refractivity contribution in [1.82, 2.24) is 10.6 Å². The van der Waals surface area contributed by atoms with Crippen LogP contribution < -0.4 is 10.6 Å². The predicted molar refractivity (Wildman–Crippen MR) is 104 cm³/mol. The number of carbonyl (C=O) groups is 2. The zero-order chi connectivity index (χ0) is 19.6. The number of rotatable bonds is 8. The van der Waals surface area contributed by atoms with Crippen LogP contribution in [0.2, 0.25) is 0 Å². The summed E-state index contributed by atoms with van der Waals surface area (Å²) in [6.07, 6.45) is 2.45. The fourth-order valence-electron chi connectivity index (χ4n) is 2.44. The molecule has 4 N–H and O–H groups in total. The third-order valence-corrected chi connectivity index (χ3v) is 3.96. The lowest BCUT2D eigenvalue weighted by molar-refractivity contribution is -0.119. The third-order valence-electron chi connectivity index (χ3n) is 3.96. The van der Waals surface area contributed by atoms with E-state index in [1.54, 1.807) is 0 Å². The molecule has 0 saturated carbocycles. The summed E-state index contributed by atoms with van der Waals surface area (Å²) < 4.78 is 0. The van der Waals surface area contributed by atoms with Crippen molar-refractivity contribution in [3.63, 3.8) is 0 Å². The molecule has 0 bridgehead atoms. The molecule has 6 nitrogen and oxygen atoms in total. The SMILES string of the molecule is Cc1ccc(CC(NC(=O)/C=C/C(=O)NCc2ccccc2)B(O)O)cc1. The van der Waals surface area contributed by atoms with E-state index in [0.29, 0.717) is 6.54 Å². The molecule has 0 aliphatic rings. The van der Waals surface area contributed by atoms with E-state index in [2.05, 4.69) is 10.6 Å². The molecule has 2 amide bonds. The molecule has 27 heavy (non-hydrogen) atoms. The van der Waals surface area contributed by atoms with E-state index >= 15 is 0 Å². The molecule has 1 atom stereocenters. The van der Waals surface area contributed by atoms with Crippen molar-refractivity contribution in [2.24, 2.45) is 0 Å². The van der Waals surface area contributed by atoms with Gasteiger partial charge in [-0.1, -0.05) is 60.2 Å². The van der Waals surface area contributed by atoms with Gasteiger partial charge in [0.05, 0.1) is 5.94 Å². The Morgan fingerprint density at radius 1 is 0.963 bits per heavy atom. The maximum absolute atomic E-state index is 12.0. The minimum absolute atomic E-state index is 0.262. The van der Waals surface area contributed by atoms with Crippen LogP contribution in [0.5, 0.6) is 0 Å². The van der Waals surface area contributed by atoms with Crippen LogP contribution in [0.1, 0.15) is 16.7 Å². The lowest BCUT2D eigenvalue weighted by Crippen LogP contribution is -2.47. The zero-order valence-corrected chi connectivity index (χ0v) is 15.1. The smallest absolute Gasteiger partial charge is 0.426 e. The van der Waals surface area contributed by atoms with Crippen molar-refractivity contribution >= 4 is 18.9 Å². The molecule has 2 aromatic carbocycles. The molecule has 140 valence electrons. The van der Waals surface area contributed by atoms with E-state index in [4.69, 9.17) is 0 Å². The lowest BCUT2D eigenvalue weighted by atomic mass is 9.76. The minimum atomic E-state index is -1.71. The molecule has 7 heteroatoms. The number of nitrogens with one attached hydrogen (secondary N) is 2. The fraction of sp³-hybridized carbons (Fsp3) is 0.200. The van der Waals surface area contributed by atoms with Crippen LogP contribution >= 0.6 is 0 Å². The highest BCUT2D eigenvalue weighted by Crippen LogP contribution is 2.07. The topological polar surface area (TPSA) is 98.7 Å². The first-order valence-corrected chi connectivity index (χ1v) is 8.66. The Morgan fingerprint density at radius 3 is 2.22 bits per heavy atom. The molecule has 0 aliphatic carbocycles. The lowest BCUT2D eigenvalue weighted by Gasteiger charge is -2.17. The van der Waals surface area contributed by atoms with Gasteiger partial charge in [-0.3, -0.25) is 9.59 Å². The summed E-state index contributed by atoms with van der Waals surface area (Å²) in [6.45, 7) is 2.31. The monoisotopic (exact) mass is 366 g/mol. The van der Waals surface area contributed by atoms with E-state index in [1.807, 2.05) is 61.5 Å². The molecule has 0 spiro atoms. The first-order valence-electron chi connectivity index (χ1n) is 8.66. The van der Waals surface area contributed by atoms with Crippen molar-refractivity contribution in [3.8, 4) is 0 Å². The molecule has 2 aromatic rings. The van der Waals surface area contributed by atoms with Crippen LogP contribution in [0, 0.1) is 6.92 Å². The van der Waals surface area contributed by atoms with Crippen molar-refractivity contribution in [1.29, 1.82) is 0 Å². The minimum Gasteiger partial charge on any atom is -0.426 e. The Balaban J connectivity index is 1.84. The van der Waals surface area contributed by atoms with E-state index in [0.717, 1.165) is 28.8 Å². The van der Waals surface area contributed by atoms with Crippen LogP contribution in [0.3, 0.4) is 0 Å². The predicted octanol–water partition coefficient (Wildman–Crippen LogP) is 0.907. The summed E-state index contributed by atoms with van der Waals surface area (Å²) in [5.41, 5.74) is 2.90. The number of benzene rings is 2. The molecular formula is C20H23BN2O4. The van der Waals surface area contributed by atoms with Gasteiger partial charge in [0.15, 0.2) is 0 Å². The summed E-state index contributed by atoms with van der Waals surface area (Å²) in [7, 11) is -1.71. The van der Waals surface area contributed by atoms with Gasteiger partial charge in [-0.2, -0.15) is 0 Å². The van der Waals surface area contributed by atoms with E-state index < -0.39 is 24.9 Å². The van der Waals surface area contributed by atoms with Crippen molar-refractivity contribution in [2.75, 3.05) is 0 Å². The van der Waals surface area contributed by atoms with E-state index in [1.165, 1.54) is 0 Å². The molecule has 0 aromatic heterocycles. The first kappa shape index (κ1) is 20.4. The van der Waals surface area contributed by atoms with Gasteiger partial charge in [-0.15, -0.1) is 0 Å². The molecular weight excluding hydrogens is 343 g/mol. The maximum atomic E-state index is 12.0. The number of amides is 2. The molecule has 2 rings (SSSR count). The Bertz CT molecular complexity index is 776. The van der Waals surface area contributed by atoms with Crippen LogP contribution in [0.25, 0.3) is 0 Å². The fourth-order valence-corrected chi connectivity index (χ4v) is 2.44. The second-order valence-electron chi connectivity index (χ2n) is 6.26. The van der Waals surface area contributed by atoms with Gasteiger partial charge in [0.2, 0.25) is 11.8 Å². The van der Waals surface area contributed by atoms with Gasteiger partial charge in [-0.05, 0) is 24.5 Å². The molecule has 0 radical (unpaired) electrons. The highest BCUT2D eigenvalue weighted by atomic mass is 16.4.